The summed E-state index contributed by atoms with van der Waals surface area (Å²) in [5.74, 6) is -3.01. The molecule has 0 aromatic carbocycles. The zero-order chi connectivity index (χ0) is 20.4. The van der Waals surface area contributed by atoms with Crippen LogP contribution in [0.15, 0.2) is 43.2 Å². The SMILES string of the molecule is C=CCOC(=O)N1C[C@@H](S)C[C@H]1CC[n+]1ccccc1.O=C([O-])C(F)(F)F. The van der Waals surface area contributed by atoms with Crippen molar-refractivity contribution in [2.45, 2.75) is 36.9 Å². The fourth-order valence-electron chi connectivity index (χ4n) is 2.48. The first-order valence-electron chi connectivity index (χ1n) is 8.09. The van der Waals surface area contributed by atoms with Gasteiger partial charge in [-0.3, -0.25) is 0 Å². The van der Waals surface area contributed by atoms with Gasteiger partial charge in [-0.15, -0.1) is 0 Å². The minimum atomic E-state index is -5.19. The predicted octanol–water partition coefficient (Wildman–Crippen LogP) is 1.36. The lowest BCUT2D eigenvalue weighted by Gasteiger charge is -2.22. The number of thiol groups is 1. The Morgan fingerprint density at radius 3 is 2.44 bits per heavy atom. The highest BCUT2D eigenvalue weighted by molar-refractivity contribution is 7.81. The zero-order valence-corrected chi connectivity index (χ0v) is 15.4. The maximum absolute atomic E-state index is 12.0. The van der Waals surface area contributed by atoms with Crippen molar-refractivity contribution in [3.05, 3.63) is 43.2 Å². The fourth-order valence-corrected chi connectivity index (χ4v) is 2.90. The summed E-state index contributed by atoms with van der Waals surface area (Å²) in [6.45, 7) is 5.35. The number of carbonyl (C=O) groups excluding carboxylic acids is 2. The lowest BCUT2D eigenvalue weighted by molar-refractivity contribution is -0.697. The van der Waals surface area contributed by atoms with E-state index in [4.69, 9.17) is 14.6 Å². The molecule has 1 amide bonds. The van der Waals surface area contributed by atoms with E-state index in [9.17, 15) is 18.0 Å². The molecule has 0 unspecified atom stereocenters. The van der Waals surface area contributed by atoms with Crippen molar-refractivity contribution < 1.29 is 37.2 Å². The first kappa shape index (κ1) is 22.8. The summed E-state index contributed by atoms with van der Waals surface area (Å²) in [6.07, 6.45) is 2.03. The molecule has 2 rings (SSSR count). The molecule has 1 aromatic heterocycles. The molecule has 0 bridgehead atoms. The van der Waals surface area contributed by atoms with Crippen molar-refractivity contribution in [3.8, 4) is 0 Å². The van der Waals surface area contributed by atoms with Gasteiger partial charge in [0.2, 0.25) is 0 Å². The Morgan fingerprint density at radius 1 is 1.33 bits per heavy atom. The molecule has 1 fully saturated rings. The molecular formula is C17H21F3N2O4S. The van der Waals surface area contributed by atoms with Gasteiger partial charge in [-0.05, 0) is 6.42 Å². The maximum Gasteiger partial charge on any atom is 0.430 e. The van der Waals surface area contributed by atoms with E-state index in [2.05, 4.69) is 23.8 Å². The van der Waals surface area contributed by atoms with Gasteiger partial charge in [-0.1, -0.05) is 18.7 Å². The Morgan fingerprint density at radius 2 is 1.93 bits per heavy atom. The molecule has 2 atom stereocenters. The molecule has 1 aliphatic rings. The van der Waals surface area contributed by atoms with E-state index in [0.717, 1.165) is 19.4 Å². The first-order chi connectivity index (χ1) is 12.6. The van der Waals surface area contributed by atoms with Crippen LogP contribution in [0.1, 0.15) is 12.8 Å². The van der Waals surface area contributed by atoms with Gasteiger partial charge in [0.05, 0.1) is 0 Å². The van der Waals surface area contributed by atoms with Crippen LogP contribution >= 0.6 is 12.6 Å². The average molecular weight is 406 g/mol. The van der Waals surface area contributed by atoms with Crippen molar-refractivity contribution in [3.63, 3.8) is 0 Å². The zero-order valence-electron chi connectivity index (χ0n) is 14.5. The third kappa shape index (κ3) is 8.33. The van der Waals surface area contributed by atoms with Crippen LogP contribution in [0.2, 0.25) is 0 Å². The number of halogens is 3. The van der Waals surface area contributed by atoms with Crippen molar-refractivity contribution in [1.82, 2.24) is 4.90 Å². The minimum Gasteiger partial charge on any atom is -0.542 e. The molecule has 10 heteroatoms. The first-order valence-corrected chi connectivity index (χ1v) is 8.61. The Hall–Kier alpha value is -2.23. The van der Waals surface area contributed by atoms with Crippen molar-refractivity contribution in [1.29, 1.82) is 0 Å². The van der Waals surface area contributed by atoms with E-state index in [1.165, 1.54) is 0 Å². The molecule has 0 spiro atoms. The molecule has 150 valence electrons. The molecule has 1 aromatic rings. The number of carboxylic acid groups (broad SMARTS) is 1. The van der Waals surface area contributed by atoms with E-state index >= 15 is 0 Å². The van der Waals surface area contributed by atoms with E-state index in [-0.39, 0.29) is 24.0 Å². The second-order valence-corrected chi connectivity index (χ2v) is 6.48. The smallest absolute Gasteiger partial charge is 0.430 e. The lowest BCUT2D eigenvalue weighted by atomic mass is 10.1. The number of ether oxygens (including phenoxy) is 1. The Balaban J connectivity index is 0.000000445. The van der Waals surface area contributed by atoms with E-state index in [1.807, 2.05) is 30.6 Å². The quantitative estimate of drug-likeness (QED) is 0.455. The second-order valence-electron chi connectivity index (χ2n) is 5.75. The largest absolute Gasteiger partial charge is 0.542 e. The van der Waals surface area contributed by atoms with Crippen LogP contribution in [0.3, 0.4) is 0 Å². The summed E-state index contributed by atoms with van der Waals surface area (Å²) in [4.78, 5) is 22.6. The molecule has 27 heavy (non-hydrogen) atoms. The van der Waals surface area contributed by atoms with Gasteiger partial charge in [0.15, 0.2) is 12.4 Å². The monoisotopic (exact) mass is 406 g/mol. The number of aliphatic carboxylic acids is 1. The molecule has 0 radical (unpaired) electrons. The summed E-state index contributed by atoms with van der Waals surface area (Å²) >= 11 is 4.50. The highest BCUT2D eigenvalue weighted by atomic mass is 32.1. The maximum atomic E-state index is 12.0. The third-order valence-electron chi connectivity index (χ3n) is 3.68. The van der Waals surface area contributed by atoms with Crippen LogP contribution in [0.4, 0.5) is 18.0 Å². The van der Waals surface area contributed by atoms with Gasteiger partial charge in [0, 0.05) is 36.4 Å². The summed E-state index contributed by atoms with van der Waals surface area (Å²) in [5, 5.41) is 9.02. The Bertz CT molecular complexity index is 628. The number of amides is 1. The van der Waals surface area contributed by atoms with Crippen molar-refractivity contribution in [2.75, 3.05) is 13.2 Å². The normalized spacial score (nSPS) is 19.0. The van der Waals surface area contributed by atoms with Crippen LogP contribution in [-0.2, 0) is 16.1 Å². The van der Waals surface area contributed by atoms with Gasteiger partial charge >= 0.3 is 12.3 Å². The molecule has 2 heterocycles. The number of alkyl halides is 3. The van der Waals surface area contributed by atoms with Gasteiger partial charge in [0.25, 0.3) is 0 Å². The number of likely N-dealkylation sites (tertiary alicyclic amines) is 1. The average Bonchev–Trinajstić information content (AvgIpc) is 2.99. The van der Waals surface area contributed by atoms with E-state index < -0.39 is 12.1 Å². The number of rotatable bonds is 5. The molecule has 0 aliphatic carbocycles. The molecule has 6 nitrogen and oxygen atoms in total. The number of carboxylic acids is 1. The highest BCUT2D eigenvalue weighted by Crippen LogP contribution is 2.24. The van der Waals surface area contributed by atoms with Crippen molar-refractivity contribution in [2.24, 2.45) is 0 Å². The third-order valence-corrected chi connectivity index (χ3v) is 4.05. The van der Waals surface area contributed by atoms with Crippen LogP contribution in [-0.4, -0.2) is 47.6 Å². The standard InChI is InChI=1S/C15H20N2O2S.C2HF3O2/c1-2-10-19-15(18)17-12-14(20)11-13(17)6-9-16-7-4-3-5-8-16;3-2(4,5)1(6)7/h2-5,7-8,13-14H,1,6,9-12H2;(H,6,7)/t13-,14+;/m1./s1. The number of carbonyl (C=O) groups is 2. The van der Waals surface area contributed by atoms with Crippen LogP contribution in [0, 0.1) is 0 Å². The molecule has 0 saturated carbocycles. The molecule has 1 saturated heterocycles. The fraction of sp³-hybridized carbons (Fsp3) is 0.471. The van der Waals surface area contributed by atoms with Crippen LogP contribution in [0.5, 0.6) is 0 Å². The van der Waals surface area contributed by atoms with Crippen LogP contribution < -0.4 is 9.67 Å². The van der Waals surface area contributed by atoms with Gasteiger partial charge < -0.3 is 19.5 Å². The molecule has 0 N–H and O–H groups in total. The van der Waals surface area contributed by atoms with Crippen molar-refractivity contribution >= 4 is 24.7 Å². The van der Waals surface area contributed by atoms with E-state index in [1.54, 1.807) is 11.0 Å². The highest BCUT2D eigenvalue weighted by Gasteiger charge is 2.35. The second kappa shape index (κ2) is 10.8. The summed E-state index contributed by atoms with van der Waals surface area (Å²) < 4.78 is 38.8. The summed E-state index contributed by atoms with van der Waals surface area (Å²) in [5.41, 5.74) is 0. The number of nitrogens with zero attached hydrogens (tertiary/aromatic N) is 2. The number of aromatic nitrogens is 1. The topological polar surface area (TPSA) is 73.5 Å². The Labute approximate surface area is 160 Å². The predicted molar refractivity (Wildman–Crippen MR) is 91.7 cm³/mol. The Kier molecular flexibility index (Phi) is 9.13. The molecule has 1 aliphatic heterocycles. The van der Waals surface area contributed by atoms with Gasteiger partial charge in [-0.2, -0.15) is 25.8 Å². The van der Waals surface area contributed by atoms with E-state index in [0.29, 0.717) is 6.54 Å². The number of pyridine rings is 1. The summed E-state index contributed by atoms with van der Waals surface area (Å²) in [6, 6.07) is 6.20. The van der Waals surface area contributed by atoms with Gasteiger partial charge in [-0.25, -0.2) is 9.36 Å². The number of aryl methyl sites for hydroxylation is 1. The number of hydrogen-bond acceptors (Lipinski definition) is 5. The summed E-state index contributed by atoms with van der Waals surface area (Å²) in [7, 11) is 0. The van der Waals surface area contributed by atoms with Gasteiger partial charge in [0.1, 0.15) is 19.1 Å². The number of hydrogen-bond donors (Lipinski definition) is 1. The molecular weight excluding hydrogens is 385 g/mol. The minimum absolute atomic E-state index is 0.197. The lowest BCUT2D eigenvalue weighted by Crippen LogP contribution is -2.40. The van der Waals surface area contributed by atoms with Crippen LogP contribution in [0.25, 0.3) is 0 Å².